The van der Waals surface area contributed by atoms with E-state index < -0.39 is 10.1 Å². The molecule has 0 aromatic heterocycles. The molecule has 0 saturated heterocycles. The van der Waals surface area contributed by atoms with E-state index in [-0.39, 0.29) is 17.6 Å². The zero-order chi connectivity index (χ0) is 19.0. The van der Waals surface area contributed by atoms with Crippen molar-refractivity contribution in [2.24, 2.45) is 5.92 Å². The highest BCUT2D eigenvalue weighted by atomic mass is 32.2. The SMILES string of the molecule is CCC(C)C(=O)OCCC[N+](CCCS(=O)(=O)O)(C(C)C)C(C)C. The van der Waals surface area contributed by atoms with E-state index in [2.05, 4.69) is 27.7 Å². The fourth-order valence-corrected chi connectivity index (χ4v) is 3.62. The quantitative estimate of drug-likeness (QED) is 0.249. The lowest BCUT2D eigenvalue weighted by Gasteiger charge is -2.46. The van der Waals surface area contributed by atoms with Crippen LogP contribution in [0.2, 0.25) is 0 Å². The number of hydrogen-bond donors (Lipinski definition) is 1. The van der Waals surface area contributed by atoms with Gasteiger partial charge in [-0.25, -0.2) is 0 Å². The third kappa shape index (κ3) is 7.94. The first-order chi connectivity index (χ1) is 11.0. The summed E-state index contributed by atoms with van der Waals surface area (Å²) in [5, 5.41) is 0. The van der Waals surface area contributed by atoms with Crippen molar-refractivity contribution in [1.82, 2.24) is 0 Å². The van der Waals surface area contributed by atoms with Crippen LogP contribution in [0.3, 0.4) is 0 Å². The fraction of sp³-hybridized carbons (Fsp3) is 0.941. The topological polar surface area (TPSA) is 80.7 Å². The van der Waals surface area contributed by atoms with Crippen LogP contribution in [-0.2, 0) is 19.6 Å². The van der Waals surface area contributed by atoms with E-state index >= 15 is 0 Å². The Morgan fingerprint density at radius 2 is 1.54 bits per heavy atom. The molecular weight excluding hydrogens is 330 g/mol. The normalized spacial score (nSPS) is 14.2. The minimum atomic E-state index is -3.93. The van der Waals surface area contributed by atoms with Crippen LogP contribution >= 0.6 is 0 Å². The molecule has 1 atom stereocenters. The summed E-state index contributed by atoms with van der Waals surface area (Å²) in [7, 11) is -3.93. The number of rotatable bonds is 12. The molecule has 0 aromatic carbocycles. The van der Waals surface area contributed by atoms with Gasteiger partial charge in [-0.2, -0.15) is 8.42 Å². The number of carbonyl (C=O) groups excluding carboxylic acids is 1. The molecule has 0 saturated carbocycles. The van der Waals surface area contributed by atoms with Gasteiger partial charge in [-0.1, -0.05) is 13.8 Å². The Labute approximate surface area is 147 Å². The van der Waals surface area contributed by atoms with E-state index in [1.165, 1.54) is 0 Å². The molecule has 24 heavy (non-hydrogen) atoms. The first-order valence-corrected chi connectivity index (χ1v) is 10.6. The predicted octanol–water partition coefficient (Wildman–Crippen LogP) is 2.88. The van der Waals surface area contributed by atoms with Crippen molar-refractivity contribution in [3.8, 4) is 0 Å². The molecule has 0 radical (unpaired) electrons. The minimum Gasteiger partial charge on any atom is -0.465 e. The minimum absolute atomic E-state index is 0.0748. The van der Waals surface area contributed by atoms with Crippen molar-refractivity contribution in [2.45, 2.75) is 72.9 Å². The number of carbonyl (C=O) groups is 1. The molecule has 1 unspecified atom stereocenters. The van der Waals surface area contributed by atoms with E-state index in [1.807, 2.05) is 13.8 Å². The largest absolute Gasteiger partial charge is 0.465 e. The van der Waals surface area contributed by atoms with E-state index in [0.29, 0.717) is 31.7 Å². The molecule has 1 N–H and O–H groups in total. The van der Waals surface area contributed by atoms with Crippen molar-refractivity contribution in [1.29, 1.82) is 0 Å². The van der Waals surface area contributed by atoms with E-state index in [9.17, 15) is 13.2 Å². The van der Waals surface area contributed by atoms with Crippen molar-refractivity contribution < 1.29 is 27.0 Å². The number of ether oxygens (including phenoxy) is 1. The molecule has 0 aliphatic heterocycles. The highest BCUT2D eigenvalue weighted by molar-refractivity contribution is 7.85. The zero-order valence-electron chi connectivity index (χ0n) is 16.1. The molecule has 0 heterocycles. The van der Waals surface area contributed by atoms with Gasteiger partial charge in [-0.3, -0.25) is 9.35 Å². The first kappa shape index (κ1) is 23.3. The molecular formula is C17H36NO5S+. The molecule has 0 fully saturated rings. The second-order valence-electron chi connectivity index (χ2n) is 7.21. The van der Waals surface area contributed by atoms with Crippen molar-refractivity contribution in [2.75, 3.05) is 25.4 Å². The summed E-state index contributed by atoms with van der Waals surface area (Å²) in [6.07, 6.45) is 1.93. The molecule has 0 spiro atoms. The van der Waals surface area contributed by atoms with Gasteiger partial charge in [0, 0.05) is 12.8 Å². The van der Waals surface area contributed by atoms with E-state index in [1.54, 1.807) is 0 Å². The molecule has 0 aliphatic rings. The molecule has 7 heteroatoms. The smallest absolute Gasteiger partial charge is 0.308 e. The highest BCUT2D eigenvalue weighted by Gasteiger charge is 2.34. The van der Waals surface area contributed by atoms with Crippen molar-refractivity contribution in [3.05, 3.63) is 0 Å². The van der Waals surface area contributed by atoms with Crippen molar-refractivity contribution >= 4 is 16.1 Å². The molecule has 0 amide bonds. The standard InChI is InChI=1S/C17H35NO5S/c1-7-16(6)17(19)23-12-8-10-18(14(2)3,15(4)5)11-9-13-24(20,21)22/h14-16H,7-13H2,1-6H3/p+1. The van der Waals surface area contributed by atoms with Crippen LogP contribution in [0.5, 0.6) is 0 Å². The molecule has 0 aromatic rings. The van der Waals surface area contributed by atoms with Gasteiger partial charge in [-0.15, -0.1) is 0 Å². The lowest BCUT2D eigenvalue weighted by atomic mass is 10.1. The van der Waals surface area contributed by atoms with Crippen LogP contribution < -0.4 is 0 Å². The predicted molar refractivity (Wildman–Crippen MR) is 96.3 cm³/mol. The summed E-state index contributed by atoms with van der Waals surface area (Å²) < 4.78 is 37.0. The van der Waals surface area contributed by atoms with Crippen LogP contribution in [0.15, 0.2) is 0 Å². The molecule has 144 valence electrons. The highest BCUT2D eigenvalue weighted by Crippen LogP contribution is 2.22. The molecule has 0 bridgehead atoms. The zero-order valence-corrected chi connectivity index (χ0v) is 16.9. The number of quaternary nitrogens is 1. The van der Waals surface area contributed by atoms with Crippen LogP contribution in [0.25, 0.3) is 0 Å². The van der Waals surface area contributed by atoms with Gasteiger partial charge in [-0.05, 0) is 34.1 Å². The molecule has 0 rings (SSSR count). The van der Waals surface area contributed by atoms with E-state index in [0.717, 1.165) is 23.9 Å². The maximum absolute atomic E-state index is 11.7. The summed E-state index contributed by atoms with van der Waals surface area (Å²) in [4.78, 5) is 11.7. The first-order valence-electron chi connectivity index (χ1n) is 8.94. The number of hydrogen-bond acceptors (Lipinski definition) is 4. The van der Waals surface area contributed by atoms with Crippen molar-refractivity contribution in [3.63, 3.8) is 0 Å². The number of nitrogens with zero attached hydrogens (tertiary/aromatic N) is 1. The number of esters is 1. The third-order valence-corrected chi connectivity index (χ3v) is 5.82. The van der Waals surface area contributed by atoms with Gasteiger partial charge in [0.2, 0.25) is 0 Å². The third-order valence-electron chi connectivity index (χ3n) is 5.01. The summed E-state index contributed by atoms with van der Waals surface area (Å²) >= 11 is 0. The van der Waals surface area contributed by atoms with Crippen LogP contribution in [0, 0.1) is 5.92 Å². The van der Waals surface area contributed by atoms with Crippen LogP contribution in [-0.4, -0.2) is 61.0 Å². The summed E-state index contributed by atoms with van der Waals surface area (Å²) in [6, 6.07) is 0.633. The Hall–Kier alpha value is -0.660. The van der Waals surface area contributed by atoms with Gasteiger partial charge < -0.3 is 9.22 Å². The van der Waals surface area contributed by atoms with Gasteiger partial charge >= 0.3 is 5.97 Å². The van der Waals surface area contributed by atoms with Crippen LogP contribution in [0.4, 0.5) is 0 Å². The fourth-order valence-electron chi connectivity index (χ4n) is 3.12. The molecule has 6 nitrogen and oxygen atoms in total. The van der Waals surface area contributed by atoms with E-state index in [4.69, 9.17) is 9.29 Å². The van der Waals surface area contributed by atoms with Gasteiger partial charge in [0.1, 0.15) is 0 Å². The monoisotopic (exact) mass is 366 g/mol. The van der Waals surface area contributed by atoms with Gasteiger partial charge in [0.25, 0.3) is 10.1 Å². The lowest BCUT2D eigenvalue weighted by Crippen LogP contribution is -2.59. The molecule has 0 aliphatic carbocycles. The summed E-state index contributed by atoms with van der Waals surface area (Å²) in [5.74, 6) is -0.444. The average Bonchev–Trinajstić information content (AvgIpc) is 2.46. The Balaban J connectivity index is 4.69. The second kappa shape index (κ2) is 10.4. The van der Waals surface area contributed by atoms with Crippen LogP contribution in [0.1, 0.15) is 60.8 Å². The second-order valence-corrected chi connectivity index (χ2v) is 8.78. The summed E-state index contributed by atoms with van der Waals surface area (Å²) in [6.45, 7) is 14.2. The Bertz CT molecular complexity index is 465. The maximum Gasteiger partial charge on any atom is 0.308 e. The lowest BCUT2D eigenvalue weighted by molar-refractivity contribution is -0.966. The maximum atomic E-state index is 11.7. The van der Waals surface area contributed by atoms with Gasteiger partial charge in [0.05, 0.1) is 43.5 Å². The average molecular weight is 367 g/mol. The Morgan fingerprint density at radius 3 is 1.96 bits per heavy atom. The Kier molecular flexibility index (Phi) is 10.1. The van der Waals surface area contributed by atoms with Gasteiger partial charge in [0.15, 0.2) is 0 Å². The Morgan fingerprint density at radius 1 is 1.04 bits per heavy atom. The summed E-state index contributed by atoms with van der Waals surface area (Å²) in [5.41, 5.74) is 0.